The maximum Gasteiger partial charge on any atom is 0.271 e. The monoisotopic (exact) mass is 598 g/mol. The molecule has 3 aromatic rings. The van der Waals surface area contributed by atoms with Crippen LogP contribution < -0.4 is 19.1 Å². The second-order valence-corrected chi connectivity index (χ2v) is 11.3. The number of amides is 2. The molecule has 0 spiro atoms. The topological polar surface area (TPSA) is 148 Å². The molecule has 0 bridgehead atoms. The van der Waals surface area contributed by atoms with E-state index >= 15 is 0 Å². The molecular formula is C29H34N4O8S. The van der Waals surface area contributed by atoms with Gasteiger partial charge in [0.25, 0.3) is 5.69 Å². The van der Waals surface area contributed by atoms with Crippen LogP contribution in [-0.2, 0) is 32.6 Å². The van der Waals surface area contributed by atoms with Crippen molar-refractivity contribution in [2.24, 2.45) is 0 Å². The van der Waals surface area contributed by atoms with Crippen molar-refractivity contribution in [3.63, 3.8) is 0 Å². The number of hydrogen-bond donors (Lipinski definition) is 1. The van der Waals surface area contributed by atoms with Crippen molar-refractivity contribution in [3.8, 4) is 11.5 Å². The molecule has 12 nitrogen and oxygen atoms in total. The number of hydrogen-bond acceptors (Lipinski definition) is 8. The molecule has 0 saturated carbocycles. The Hall–Kier alpha value is -4.65. The van der Waals surface area contributed by atoms with Crippen molar-refractivity contribution in [2.75, 3.05) is 37.9 Å². The van der Waals surface area contributed by atoms with Crippen molar-refractivity contribution in [3.05, 3.63) is 94.0 Å². The van der Waals surface area contributed by atoms with Crippen LogP contribution in [0.15, 0.2) is 72.8 Å². The number of sulfonamides is 1. The molecule has 1 atom stereocenters. The van der Waals surface area contributed by atoms with E-state index in [0.717, 1.165) is 22.2 Å². The normalized spacial score (nSPS) is 11.7. The van der Waals surface area contributed by atoms with Gasteiger partial charge in [-0.2, -0.15) is 0 Å². The number of rotatable bonds is 14. The van der Waals surface area contributed by atoms with Crippen LogP contribution >= 0.6 is 0 Å². The molecule has 0 aromatic heterocycles. The zero-order valence-corrected chi connectivity index (χ0v) is 24.7. The molecule has 0 heterocycles. The second kappa shape index (κ2) is 14.3. The lowest BCUT2D eigenvalue weighted by atomic mass is 10.0. The number of non-ortho nitro benzene ring substituents is 1. The van der Waals surface area contributed by atoms with Crippen LogP contribution in [0.1, 0.15) is 18.1 Å². The van der Waals surface area contributed by atoms with E-state index < -0.39 is 39.3 Å². The van der Waals surface area contributed by atoms with Gasteiger partial charge in [-0.15, -0.1) is 0 Å². The molecule has 0 aliphatic carbocycles. The molecule has 3 rings (SSSR count). The van der Waals surface area contributed by atoms with E-state index in [9.17, 15) is 28.1 Å². The summed E-state index contributed by atoms with van der Waals surface area (Å²) in [7, 11) is -1.37. The van der Waals surface area contributed by atoms with Gasteiger partial charge >= 0.3 is 0 Å². The molecule has 224 valence electrons. The lowest BCUT2D eigenvalue weighted by Gasteiger charge is -2.33. The maximum absolute atomic E-state index is 14.1. The SMILES string of the molecule is CCNC(=O)[C@@H](Cc1ccccc1)N(Cc1cccc(OC)c1)C(=O)CN(c1cc([N+](=O)[O-])ccc1OC)S(C)(=O)=O. The van der Waals surface area contributed by atoms with Gasteiger partial charge in [0.05, 0.1) is 25.4 Å². The zero-order valence-electron chi connectivity index (χ0n) is 23.8. The summed E-state index contributed by atoms with van der Waals surface area (Å²) in [6.07, 6.45) is 1.04. The van der Waals surface area contributed by atoms with Crippen LogP contribution in [0.4, 0.5) is 11.4 Å². The highest BCUT2D eigenvalue weighted by atomic mass is 32.2. The molecule has 3 aromatic carbocycles. The minimum atomic E-state index is -4.16. The third kappa shape index (κ3) is 8.19. The van der Waals surface area contributed by atoms with Crippen LogP contribution in [0.5, 0.6) is 11.5 Å². The van der Waals surface area contributed by atoms with Gasteiger partial charge in [-0.1, -0.05) is 42.5 Å². The number of nitrogens with zero attached hydrogens (tertiary/aromatic N) is 3. The first-order valence-electron chi connectivity index (χ1n) is 13.0. The average Bonchev–Trinajstić information content (AvgIpc) is 2.97. The number of nitro benzene ring substituents is 1. The third-order valence-corrected chi connectivity index (χ3v) is 7.56. The maximum atomic E-state index is 14.1. The minimum absolute atomic E-state index is 0.0164. The van der Waals surface area contributed by atoms with Crippen LogP contribution in [-0.4, -0.2) is 69.7 Å². The van der Waals surface area contributed by atoms with E-state index in [2.05, 4.69) is 5.32 Å². The average molecular weight is 599 g/mol. The molecule has 1 N–H and O–H groups in total. The van der Waals surface area contributed by atoms with E-state index in [1.54, 1.807) is 31.2 Å². The van der Waals surface area contributed by atoms with Gasteiger partial charge in [0.15, 0.2) is 0 Å². The predicted octanol–water partition coefficient (Wildman–Crippen LogP) is 3.15. The van der Waals surface area contributed by atoms with Crippen molar-refractivity contribution in [2.45, 2.75) is 25.9 Å². The highest BCUT2D eigenvalue weighted by molar-refractivity contribution is 7.92. The number of carbonyl (C=O) groups is 2. The first-order valence-corrected chi connectivity index (χ1v) is 14.9. The van der Waals surface area contributed by atoms with Crippen molar-refractivity contribution >= 4 is 33.2 Å². The Kier molecular flexibility index (Phi) is 10.9. The summed E-state index contributed by atoms with van der Waals surface area (Å²) in [5.74, 6) is -0.570. The van der Waals surface area contributed by atoms with Crippen molar-refractivity contribution < 1.29 is 32.4 Å². The summed E-state index contributed by atoms with van der Waals surface area (Å²) in [6, 6.07) is 18.5. The fraction of sp³-hybridized carbons (Fsp3) is 0.310. The molecule has 0 aliphatic heterocycles. The Morgan fingerprint density at radius 3 is 2.26 bits per heavy atom. The van der Waals surface area contributed by atoms with Crippen LogP contribution in [0.3, 0.4) is 0 Å². The summed E-state index contributed by atoms with van der Waals surface area (Å²) in [6.45, 7) is 1.27. The van der Waals surface area contributed by atoms with Crippen LogP contribution in [0.2, 0.25) is 0 Å². The molecule has 0 radical (unpaired) electrons. The summed E-state index contributed by atoms with van der Waals surface area (Å²) in [5.41, 5.74) is 0.868. The Balaban J connectivity index is 2.12. The molecule has 0 fully saturated rings. The molecule has 0 aliphatic rings. The first-order chi connectivity index (χ1) is 20.0. The van der Waals surface area contributed by atoms with E-state index in [1.807, 2.05) is 30.3 Å². The van der Waals surface area contributed by atoms with Crippen molar-refractivity contribution in [1.82, 2.24) is 10.2 Å². The first kappa shape index (κ1) is 31.9. The number of anilines is 1. The van der Waals surface area contributed by atoms with E-state index in [-0.39, 0.29) is 30.1 Å². The molecule has 2 amide bonds. The van der Waals surface area contributed by atoms with E-state index in [0.29, 0.717) is 17.9 Å². The molecule has 0 saturated heterocycles. The Labute approximate surface area is 245 Å². The van der Waals surface area contributed by atoms with Crippen LogP contribution in [0.25, 0.3) is 0 Å². The molecule has 0 unspecified atom stereocenters. The Morgan fingerprint density at radius 2 is 1.67 bits per heavy atom. The molecular weight excluding hydrogens is 564 g/mol. The second-order valence-electron chi connectivity index (χ2n) is 9.36. The number of nitrogens with one attached hydrogen (secondary N) is 1. The fourth-order valence-corrected chi connectivity index (χ4v) is 5.24. The highest BCUT2D eigenvalue weighted by Gasteiger charge is 2.34. The molecule has 42 heavy (non-hydrogen) atoms. The summed E-state index contributed by atoms with van der Waals surface area (Å²) < 4.78 is 37.4. The van der Waals surface area contributed by atoms with Gasteiger partial charge in [0, 0.05) is 31.6 Å². The van der Waals surface area contributed by atoms with Gasteiger partial charge in [0.2, 0.25) is 21.8 Å². The molecule has 13 heteroatoms. The number of benzene rings is 3. The third-order valence-electron chi connectivity index (χ3n) is 6.43. The van der Waals surface area contributed by atoms with Gasteiger partial charge in [-0.3, -0.25) is 24.0 Å². The summed E-state index contributed by atoms with van der Waals surface area (Å²) in [5, 5.41) is 14.3. The number of likely N-dealkylation sites (N-methyl/N-ethyl adjacent to an activating group) is 1. The number of ether oxygens (including phenoxy) is 2. The quantitative estimate of drug-likeness (QED) is 0.220. The number of nitro groups is 1. The zero-order chi connectivity index (χ0) is 30.9. The Bertz CT molecular complexity index is 1520. The number of methoxy groups -OCH3 is 2. The highest BCUT2D eigenvalue weighted by Crippen LogP contribution is 2.34. The van der Waals surface area contributed by atoms with Gasteiger partial charge in [0.1, 0.15) is 29.8 Å². The van der Waals surface area contributed by atoms with Gasteiger partial charge in [-0.25, -0.2) is 8.42 Å². The smallest absolute Gasteiger partial charge is 0.271 e. The van der Waals surface area contributed by atoms with Crippen LogP contribution in [0, 0.1) is 10.1 Å². The largest absolute Gasteiger partial charge is 0.497 e. The van der Waals surface area contributed by atoms with Crippen molar-refractivity contribution in [1.29, 1.82) is 0 Å². The minimum Gasteiger partial charge on any atom is -0.497 e. The summed E-state index contributed by atoms with van der Waals surface area (Å²) >= 11 is 0. The van der Waals surface area contributed by atoms with E-state index in [1.165, 1.54) is 31.3 Å². The van der Waals surface area contributed by atoms with Gasteiger partial charge in [-0.05, 0) is 36.2 Å². The standard InChI is InChI=1S/C29H34N4O8S/c1-5-30-29(35)26(17-21-10-7-6-8-11-21)31(19-22-12-9-13-24(16-22)40-2)28(34)20-32(42(4,38)39)25-18-23(33(36)37)14-15-27(25)41-3/h6-16,18,26H,5,17,19-20H2,1-4H3,(H,30,35)/t26-/m1/s1. The number of carbonyl (C=O) groups excluding carboxylic acids is 2. The lowest BCUT2D eigenvalue weighted by molar-refractivity contribution is -0.384. The van der Waals surface area contributed by atoms with Gasteiger partial charge < -0.3 is 19.7 Å². The Morgan fingerprint density at radius 1 is 0.976 bits per heavy atom. The van der Waals surface area contributed by atoms with E-state index in [4.69, 9.17) is 9.47 Å². The lowest BCUT2D eigenvalue weighted by Crippen LogP contribution is -2.53. The fourth-order valence-electron chi connectivity index (χ4n) is 4.40. The summed E-state index contributed by atoms with van der Waals surface area (Å²) in [4.78, 5) is 39.7. The predicted molar refractivity (Wildman–Crippen MR) is 158 cm³/mol.